The fourth-order valence-corrected chi connectivity index (χ4v) is 5.55. The molecular weight excluding hydrogens is 486 g/mol. The lowest BCUT2D eigenvalue weighted by Crippen LogP contribution is -2.41. The molecule has 0 saturated carbocycles. The maximum atomic E-state index is 13.0. The molecule has 2 rings (SSSR count). The number of alkyl carbamates (subject to hydrolysis) is 1. The molecule has 2 unspecified atom stereocenters. The second-order valence-corrected chi connectivity index (χ2v) is 11.2. The summed E-state index contributed by atoms with van der Waals surface area (Å²) in [5.41, 5.74) is 2.63. The maximum absolute atomic E-state index is 13.0. The molecule has 7 heteroatoms. The van der Waals surface area contributed by atoms with Crippen LogP contribution in [0.5, 0.6) is 0 Å². The predicted molar refractivity (Wildman–Crippen MR) is 156 cm³/mol. The molecule has 37 heavy (non-hydrogen) atoms. The SMILES string of the molecule is CCCCCCCCCCCCNC(=O)C1CC(C)=C(C)CC1COC(=O)NCCN1CCCCC1.Cl. The van der Waals surface area contributed by atoms with Crippen LogP contribution in [0.2, 0.25) is 0 Å². The molecular formula is C30H56ClN3O3. The van der Waals surface area contributed by atoms with E-state index in [1.54, 1.807) is 0 Å². The van der Waals surface area contributed by atoms with Crippen LogP contribution in [0.25, 0.3) is 0 Å². The van der Waals surface area contributed by atoms with Crippen LogP contribution in [0.3, 0.4) is 0 Å². The first kappa shape index (κ1) is 33.8. The van der Waals surface area contributed by atoms with E-state index in [0.717, 1.165) is 45.4 Å². The number of likely N-dealkylation sites (tertiary alicyclic amines) is 1. The number of unbranched alkanes of at least 4 members (excludes halogenated alkanes) is 9. The first-order valence-corrected chi connectivity index (χ1v) is 15.1. The van der Waals surface area contributed by atoms with Crippen molar-refractivity contribution < 1.29 is 14.3 Å². The van der Waals surface area contributed by atoms with Gasteiger partial charge in [0.15, 0.2) is 0 Å². The predicted octanol–water partition coefficient (Wildman–Crippen LogP) is 7.02. The molecule has 0 radical (unpaired) electrons. The van der Waals surface area contributed by atoms with Crippen molar-refractivity contribution in [2.24, 2.45) is 11.8 Å². The molecule has 0 aromatic heterocycles. The first-order chi connectivity index (χ1) is 17.5. The molecule has 0 aromatic rings. The van der Waals surface area contributed by atoms with Crippen LogP contribution < -0.4 is 10.6 Å². The van der Waals surface area contributed by atoms with Crippen molar-refractivity contribution in [2.75, 3.05) is 39.3 Å². The van der Waals surface area contributed by atoms with E-state index in [9.17, 15) is 9.59 Å². The lowest BCUT2D eigenvalue weighted by Gasteiger charge is -2.32. The van der Waals surface area contributed by atoms with Gasteiger partial charge >= 0.3 is 6.09 Å². The first-order valence-electron chi connectivity index (χ1n) is 15.1. The Labute approximate surface area is 233 Å². The van der Waals surface area contributed by atoms with Gasteiger partial charge in [-0.3, -0.25) is 4.79 Å². The Kier molecular flexibility index (Phi) is 18.9. The Balaban J connectivity index is 0.00000684. The zero-order valence-electron chi connectivity index (χ0n) is 24.1. The highest BCUT2D eigenvalue weighted by atomic mass is 35.5. The minimum Gasteiger partial charge on any atom is -0.449 e. The number of rotatable bonds is 17. The number of carbonyl (C=O) groups is 2. The summed E-state index contributed by atoms with van der Waals surface area (Å²) >= 11 is 0. The summed E-state index contributed by atoms with van der Waals surface area (Å²) in [4.78, 5) is 27.7. The Bertz CT molecular complexity index is 664. The molecule has 6 nitrogen and oxygen atoms in total. The molecule has 2 atom stereocenters. The molecule has 1 fully saturated rings. The number of hydrogen-bond acceptors (Lipinski definition) is 4. The third kappa shape index (κ3) is 14.5. The van der Waals surface area contributed by atoms with Crippen molar-refractivity contribution in [2.45, 2.75) is 117 Å². The van der Waals surface area contributed by atoms with Crippen LogP contribution in [0.1, 0.15) is 117 Å². The maximum Gasteiger partial charge on any atom is 0.407 e. The average Bonchev–Trinajstić information content (AvgIpc) is 2.88. The van der Waals surface area contributed by atoms with Gasteiger partial charge in [0.1, 0.15) is 0 Å². The van der Waals surface area contributed by atoms with Gasteiger partial charge in [0.2, 0.25) is 5.91 Å². The topological polar surface area (TPSA) is 70.7 Å². The summed E-state index contributed by atoms with van der Waals surface area (Å²) in [6.07, 6.45) is 18.0. The van der Waals surface area contributed by atoms with Gasteiger partial charge in [-0.05, 0) is 59.0 Å². The van der Waals surface area contributed by atoms with Crippen molar-refractivity contribution >= 4 is 24.4 Å². The molecule has 0 spiro atoms. The summed E-state index contributed by atoms with van der Waals surface area (Å²) < 4.78 is 5.58. The lowest BCUT2D eigenvalue weighted by atomic mass is 9.76. The molecule has 2 aliphatic rings. The molecule has 1 aliphatic carbocycles. The van der Waals surface area contributed by atoms with Crippen molar-refractivity contribution in [1.82, 2.24) is 15.5 Å². The molecule has 1 aliphatic heterocycles. The van der Waals surface area contributed by atoms with Gasteiger partial charge in [-0.2, -0.15) is 0 Å². The van der Waals surface area contributed by atoms with Crippen LogP contribution in [0.15, 0.2) is 11.1 Å². The van der Waals surface area contributed by atoms with Gasteiger partial charge in [-0.15, -0.1) is 12.4 Å². The Morgan fingerprint density at radius 3 is 2.05 bits per heavy atom. The summed E-state index contributed by atoms with van der Waals surface area (Å²) in [6, 6.07) is 0. The summed E-state index contributed by atoms with van der Waals surface area (Å²) in [7, 11) is 0. The number of nitrogens with one attached hydrogen (secondary N) is 2. The van der Waals surface area contributed by atoms with E-state index >= 15 is 0 Å². The monoisotopic (exact) mass is 541 g/mol. The van der Waals surface area contributed by atoms with E-state index in [2.05, 4.69) is 36.3 Å². The molecule has 2 amide bonds. The number of carbonyl (C=O) groups excluding carboxylic acids is 2. The third-order valence-electron chi connectivity index (χ3n) is 8.13. The zero-order valence-corrected chi connectivity index (χ0v) is 24.9. The quantitative estimate of drug-likeness (QED) is 0.153. The number of allylic oxidation sites excluding steroid dienone is 2. The van der Waals surface area contributed by atoms with Crippen LogP contribution in [0, 0.1) is 11.8 Å². The number of halogens is 1. The molecule has 0 aromatic carbocycles. The van der Waals surface area contributed by atoms with Crippen LogP contribution >= 0.6 is 12.4 Å². The van der Waals surface area contributed by atoms with Crippen LogP contribution in [-0.2, 0) is 9.53 Å². The van der Waals surface area contributed by atoms with Crippen molar-refractivity contribution in [3.05, 3.63) is 11.1 Å². The van der Waals surface area contributed by atoms with Crippen LogP contribution in [0.4, 0.5) is 4.79 Å². The highest BCUT2D eigenvalue weighted by molar-refractivity contribution is 5.85. The van der Waals surface area contributed by atoms with Crippen molar-refractivity contribution in [1.29, 1.82) is 0 Å². The number of piperidine rings is 1. The van der Waals surface area contributed by atoms with Crippen molar-refractivity contribution in [3.63, 3.8) is 0 Å². The highest BCUT2D eigenvalue weighted by Crippen LogP contribution is 2.34. The van der Waals surface area contributed by atoms with E-state index < -0.39 is 0 Å². The molecule has 2 N–H and O–H groups in total. The standard InChI is InChI=1S/C30H55N3O3.ClH/c1-4-5-6-7-8-9-10-11-12-14-17-31-29(34)28-23-26(3)25(2)22-27(28)24-36-30(35)32-18-21-33-19-15-13-16-20-33;/h27-28H,4-24H2,1-3H3,(H,31,34)(H,32,35);1H. The van der Waals surface area contributed by atoms with Crippen molar-refractivity contribution in [3.8, 4) is 0 Å². The van der Waals surface area contributed by atoms with Gasteiger partial charge in [0, 0.05) is 31.5 Å². The Morgan fingerprint density at radius 1 is 0.811 bits per heavy atom. The molecule has 216 valence electrons. The number of amides is 2. The van der Waals surface area contributed by atoms with Gasteiger partial charge in [0.05, 0.1) is 6.61 Å². The van der Waals surface area contributed by atoms with Gasteiger partial charge < -0.3 is 20.3 Å². The number of nitrogens with zero attached hydrogens (tertiary/aromatic N) is 1. The zero-order chi connectivity index (χ0) is 26.0. The van der Waals surface area contributed by atoms with Gasteiger partial charge in [-0.25, -0.2) is 4.79 Å². The fraction of sp³-hybridized carbons (Fsp3) is 0.867. The number of ether oxygens (including phenoxy) is 1. The van der Waals surface area contributed by atoms with Crippen LogP contribution in [-0.4, -0.2) is 56.2 Å². The second kappa shape index (κ2) is 20.7. The summed E-state index contributed by atoms with van der Waals surface area (Å²) in [5, 5.41) is 6.07. The van der Waals surface area contributed by atoms with Gasteiger partial charge in [-0.1, -0.05) is 82.3 Å². The minimum absolute atomic E-state index is 0. The molecule has 0 bridgehead atoms. The fourth-order valence-electron chi connectivity index (χ4n) is 5.55. The smallest absolute Gasteiger partial charge is 0.407 e. The van der Waals surface area contributed by atoms with E-state index in [4.69, 9.17) is 4.74 Å². The Hall–Kier alpha value is -1.27. The van der Waals surface area contributed by atoms with E-state index in [0.29, 0.717) is 13.2 Å². The highest BCUT2D eigenvalue weighted by Gasteiger charge is 2.33. The molecule has 1 heterocycles. The summed E-state index contributed by atoms with van der Waals surface area (Å²) in [6.45, 7) is 11.3. The summed E-state index contributed by atoms with van der Waals surface area (Å²) in [5.74, 6) is 0.0594. The third-order valence-corrected chi connectivity index (χ3v) is 8.13. The number of hydrogen-bond donors (Lipinski definition) is 2. The minimum atomic E-state index is -0.361. The average molecular weight is 542 g/mol. The largest absolute Gasteiger partial charge is 0.449 e. The second-order valence-electron chi connectivity index (χ2n) is 11.2. The van der Waals surface area contributed by atoms with Gasteiger partial charge in [0.25, 0.3) is 0 Å². The lowest BCUT2D eigenvalue weighted by molar-refractivity contribution is -0.127. The normalized spacial score (nSPS) is 20.3. The molecule has 1 saturated heterocycles. The Morgan fingerprint density at radius 2 is 1.41 bits per heavy atom. The van der Waals surface area contributed by atoms with E-state index in [1.807, 2.05) is 0 Å². The van der Waals surface area contributed by atoms with E-state index in [-0.39, 0.29) is 36.2 Å². The van der Waals surface area contributed by atoms with E-state index in [1.165, 1.54) is 88.2 Å².